The molecule has 1 aliphatic heterocycles. The van der Waals surface area contributed by atoms with Crippen LogP contribution in [0.25, 0.3) is 0 Å². The van der Waals surface area contributed by atoms with Gasteiger partial charge >= 0.3 is 5.97 Å². The molecule has 2 aromatic rings. The lowest BCUT2D eigenvalue weighted by Crippen LogP contribution is -2.32. The molecule has 1 heterocycles. The fourth-order valence-corrected chi connectivity index (χ4v) is 5.35. The van der Waals surface area contributed by atoms with E-state index < -0.39 is 12.6 Å². The summed E-state index contributed by atoms with van der Waals surface area (Å²) in [6.45, 7) is 1.63. The van der Waals surface area contributed by atoms with Gasteiger partial charge in [0, 0.05) is 5.56 Å². The molecule has 2 aliphatic carbocycles. The molecule has 5 rings (SSSR count). The number of ketones is 1. The largest absolute Gasteiger partial charge is 0.497 e. The van der Waals surface area contributed by atoms with Gasteiger partial charge in [-0.1, -0.05) is 11.6 Å². The van der Waals surface area contributed by atoms with Gasteiger partial charge in [-0.05, 0) is 73.7 Å². The molecule has 0 unspecified atom stereocenters. The third kappa shape index (κ3) is 3.44. The van der Waals surface area contributed by atoms with Crippen molar-refractivity contribution in [2.75, 3.05) is 18.6 Å². The van der Waals surface area contributed by atoms with Gasteiger partial charge in [0.15, 0.2) is 12.4 Å². The summed E-state index contributed by atoms with van der Waals surface area (Å²) in [6, 6.07) is 12.7. The van der Waals surface area contributed by atoms with E-state index in [-0.39, 0.29) is 46.8 Å². The summed E-state index contributed by atoms with van der Waals surface area (Å²) >= 11 is 0. The van der Waals surface area contributed by atoms with Crippen LogP contribution in [0.3, 0.4) is 0 Å². The van der Waals surface area contributed by atoms with Crippen molar-refractivity contribution >= 4 is 29.3 Å². The van der Waals surface area contributed by atoms with Crippen LogP contribution in [0, 0.1) is 23.7 Å². The number of methoxy groups -OCH3 is 1. The molecule has 2 bridgehead atoms. The van der Waals surface area contributed by atoms with E-state index in [4.69, 9.17) is 9.47 Å². The zero-order chi connectivity index (χ0) is 23.3. The van der Waals surface area contributed by atoms with Crippen LogP contribution >= 0.6 is 0 Å². The summed E-state index contributed by atoms with van der Waals surface area (Å²) in [4.78, 5) is 51.9. The lowest BCUT2D eigenvalue weighted by Gasteiger charge is -2.19. The predicted octanol–water partition coefficient (Wildman–Crippen LogP) is 3.44. The first-order valence-corrected chi connectivity index (χ1v) is 10.9. The number of allylic oxidation sites excluding steroid dienone is 2. The number of nitrogens with zero attached hydrogens (tertiary/aromatic N) is 1. The molecule has 0 radical (unpaired) electrons. The average Bonchev–Trinajstić information content (AvgIpc) is 3.47. The number of hydrogen-bond donors (Lipinski definition) is 0. The summed E-state index contributed by atoms with van der Waals surface area (Å²) in [5.41, 5.74) is 2.29. The van der Waals surface area contributed by atoms with Crippen molar-refractivity contribution in [2.45, 2.75) is 13.3 Å². The summed E-state index contributed by atoms with van der Waals surface area (Å²) in [5.74, 6) is -0.953. The minimum Gasteiger partial charge on any atom is -0.497 e. The molecule has 3 aliphatic rings. The monoisotopic (exact) mass is 445 g/mol. The molecule has 7 heteroatoms. The van der Waals surface area contributed by atoms with E-state index in [2.05, 4.69) is 6.08 Å². The number of ether oxygens (including phenoxy) is 2. The van der Waals surface area contributed by atoms with Crippen molar-refractivity contribution in [3.05, 3.63) is 71.3 Å². The van der Waals surface area contributed by atoms with Crippen LogP contribution in [-0.2, 0) is 14.3 Å². The Morgan fingerprint density at radius 3 is 2.24 bits per heavy atom. The maximum Gasteiger partial charge on any atom is 0.338 e. The number of amides is 2. The highest BCUT2D eigenvalue weighted by molar-refractivity contribution is 6.23. The Morgan fingerprint density at radius 2 is 1.58 bits per heavy atom. The van der Waals surface area contributed by atoms with Crippen LogP contribution in [0.4, 0.5) is 5.69 Å². The second-order valence-corrected chi connectivity index (χ2v) is 8.75. The summed E-state index contributed by atoms with van der Waals surface area (Å²) < 4.78 is 10.2. The second kappa shape index (κ2) is 7.99. The van der Waals surface area contributed by atoms with Crippen LogP contribution in [0.15, 0.2) is 60.2 Å². The number of carbonyl (C=O) groups is 4. The molecule has 1 saturated heterocycles. The van der Waals surface area contributed by atoms with E-state index in [1.807, 2.05) is 6.92 Å². The fraction of sp³-hybridized carbons (Fsp3) is 0.308. The summed E-state index contributed by atoms with van der Waals surface area (Å²) in [6.07, 6.45) is 3.01. The van der Waals surface area contributed by atoms with Gasteiger partial charge in [0.2, 0.25) is 11.8 Å². The Hall–Kier alpha value is -3.74. The number of imide groups is 1. The highest BCUT2D eigenvalue weighted by Gasteiger charge is 2.60. The molecular weight excluding hydrogens is 422 g/mol. The number of carbonyl (C=O) groups excluding carboxylic acids is 4. The standard InChI is InChI=1S/C26H23NO6/c1-14-11-17-12-20(14)23-22(17)24(29)27(25(23)30)18-7-3-16(4-8-18)26(31)33-13-21(28)15-5-9-19(32-2)10-6-15/h3-11,17,20,22-23H,12-13H2,1-2H3/t17-,20+,22-,23+/m0/s1. The molecule has 2 amide bonds. The Morgan fingerprint density at radius 1 is 0.939 bits per heavy atom. The van der Waals surface area contributed by atoms with Crippen LogP contribution in [-0.4, -0.2) is 37.3 Å². The molecule has 7 nitrogen and oxygen atoms in total. The third-order valence-electron chi connectivity index (χ3n) is 6.99. The normalized spacial score (nSPS) is 25.2. The van der Waals surface area contributed by atoms with Crippen molar-refractivity contribution in [1.82, 2.24) is 0 Å². The van der Waals surface area contributed by atoms with E-state index in [1.165, 1.54) is 29.7 Å². The molecule has 0 aromatic heterocycles. The Bertz CT molecular complexity index is 1180. The fourth-order valence-electron chi connectivity index (χ4n) is 5.35. The van der Waals surface area contributed by atoms with Gasteiger partial charge in [0.05, 0.1) is 30.2 Å². The first kappa shape index (κ1) is 21.1. The van der Waals surface area contributed by atoms with E-state index in [0.29, 0.717) is 17.0 Å². The lowest BCUT2D eigenvalue weighted by atomic mass is 9.82. The van der Waals surface area contributed by atoms with E-state index in [0.717, 1.165) is 6.42 Å². The van der Waals surface area contributed by atoms with Crippen LogP contribution < -0.4 is 9.64 Å². The number of esters is 1. The number of rotatable bonds is 6. The minimum absolute atomic E-state index is 0.138. The van der Waals surface area contributed by atoms with Gasteiger partial charge in [-0.3, -0.25) is 19.3 Å². The number of benzene rings is 2. The van der Waals surface area contributed by atoms with E-state index in [1.54, 1.807) is 36.4 Å². The maximum absolute atomic E-state index is 13.0. The second-order valence-electron chi connectivity index (χ2n) is 8.75. The van der Waals surface area contributed by atoms with Gasteiger partial charge in [-0.15, -0.1) is 0 Å². The zero-order valence-electron chi connectivity index (χ0n) is 18.3. The summed E-state index contributed by atoms with van der Waals surface area (Å²) in [7, 11) is 1.53. The van der Waals surface area contributed by atoms with E-state index >= 15 is 0 Å². The van der Waals surface area contributed by atoms with E-state index in [9.17, 15) is 19.2 Å². The highest BCUT2D eigenvalue weighted by atomic mass is 16.5. The smallest absolute Gasteiger partial charge is 0.338 e. The maximum atomic E-state index is 13.0. The quantitative estimate of drug-likeness (QED) is 0.293. The Labute approximate surface area is 191 Å². The number of anilines is 1. The Kier molecular flexibility index (Phi) is 5.12. The molecule has 4 atom stereocenters. The van der Waals surface area contributed by atoms with Gasteiger partial charge in [0.25, 0.3) is 0 Å². The average molecular weight is 445 g/mol. The topological polar surface area (TPSA) is 90.0 Å². The van der Waals surface area contributed by atoms with Gasteiger partial charge in [-0.2, -0.15) is 0 Å². The molecule has 0 N–H and O–H groups in total. The van der Waals surface area contributed by atoms with Crippen LogP contribution in [0.1, 0.15) is 34.1 Å². The Balaban J connectivity index is 1.23. The van der Waals surface area contributed by atoms with Gasteiger partial charge in [-0.25, -0.2) is 4.79 Å². The third-order valence-corrected chi connectivity index (χ3v) is 6.99. The number of fused-ring (bicyclic) bond motifs is 5. The van der Waals surface area contributed by atoms with Crippen molar-refractivity contribution in [3.63, 3.8) is 0 Å². The first-order chi connectivity index (χ1) is 15.9. The number of Topliss-reactive ketones (excluding diaryl/α,β-unsaturated/α-hetero) is 1. The highest BCUT2D eigenvalue weighted by Crippen LogP contribution is 2.55. The molecule has 2 aromatic carbocycles. The molecule has 2 fully saturated rings. The molecular formula is C26H23NO6. The zero-order valence-corrected chi connectivity index (χ0v) is 18.3. The minimum atomic E-state index is -0.655. The van der Waals surface area contributed by atoms with Gasteiger partial charge < -0.3 is 9.47 Å². The first-order valence-electron chi connectivity index (χ1n) is 10.9. The van der Waals surface area contributed by atoms with Crippen molar-refractivity contribution in [1.29, 1.82) is 0 Å². The van der Waals surface area contributed by atoms with Crippen molar-refractivity contribution in [2.24, 2.45) is 23.7 Å². The molecule has 1 saturated carbocycles. The summed E-state index contributed by atoms with van der Waals surface area (Å²) in [5, 5.41) is 0. The predicted molar refractivity (Wildman–Crippen MR) is 119 cm³/mol. The van der Waals surface area contributed by atoms with Crippen molar-refractivity contribution in [3.8, 4) is 5.75 Å². The molecule has 0 spiro atoms. The van der Waals surface area contributed by atoms with Gasteiger partial charge in [0.1, 0.15) is 5.75 Å². The molecule has 168 valence electrons. The SMILES string of the molecule is COc1ccc(C(=O)COC(=O)c2ccc(N3C(=O)[C@@H]4[C@H](C3=O)[C@@H]3C[C@@H]4C=C3C)cc2)cc1. The lowest BCUT2D eigenvalue weighted by molar-refractivity contribution is -0.123. The molecule has 33 heavy (non-hydrogen) atoms. The van der Waals surface area contributed by atoms with Crippen LogP contribution in [0.2, 0.25) is 0 Å². The van der Waals surface area contributed by atoms with Crippen molar-refractivity contribution < 1.29 is 28.7 Å². The van der Waals surface area contributed by atoms with Crippen LogP contribution in [0.5, 0.6) is 5.75 Å². The number of hydrogen-bond acceptors (Lipinski definition) is 6.